The molecule has 0 unspecified atom stereocenters. The third-order valence-electron chi connectivity index (χ3n) is 4.93. The average molecular weight is 314 g/mol. The highest BCUT2D eigenvalue weighted by molar-refractivity contribution is 6.27. The maximum Gasteiger partial charge on any atom is 0.190 e. The second kappa shape index (κ2) is 5.37. The van der Waals surface area contributed by atoms with Crippen LogP contribution in [-0.2, 0) is 14.2 Å². The molecule has 5 heteroatoms. The number of Topliss-reactive ketones (excluding diaryl/α,β-unsaturated/α-hetero) is 2. The minimum atomic E-state index is -0.253. The summed E-state index contributed by atoms with van der Waals surface area (Å²) in [5.74, 6) is -0.334. The van der Waals surface area contributed by atoms with Gasteiger partial charge in [-0.15, -0.1) is 0 Å². The van der Waals surface area contributed by atoms with Crippen LogP contribution < -0.4 is 0 Å². The molecule has 0 saturated carbocycles. The largest absolute Gasteiger partial charge is 0.368 e. The first-order valence-electron chi connectivity index (χ1n) is 7.81. The number of ether oxygens (including phenoxy) is 3. The molecule has 1 aromatic rings. The van der Waals surface area contributed by atoms with Crippen LogP contribution in [0.3, 0.4) is 0 Å². The summed E-state index contributed by atoms with van der Waals surface area (Å²) in [6.07, 6.45) is 0.251. The van der Waals surface area contributed by atoms with Crippen LogP contribution in [0.25, 0.3) is 0 Å². The molecule has 2 aliphatic carbocycles. The van der Waals surface area contributed by atoms with E-state index in [-0.39, 0.29) is 42.6 Å². The number of rotatable bonds is 4. The second-order valence-electron chi connectivity index (χ2n) is 6.24. The Morgan fingerprint density at radius 2 is 1.91 bits per heavy atom. The van der Waals surface area contributed by atoms with Crippen molar-refractivity contribution in [3.63, 3.8) is 0 Å². The number of epoxide rings is 1. The predicted molar refractivity (Wildman–Crippen MR) is 81.3 cm³/mol. The average Bonchev–Trinajstić information content (AvgIpc) is 3.35. The van der Waals surface area contributed by atoms with Gasteiger partial charge in [0.05, 0.1) is 18.3 Å². The van der Waals surface area contributed by atoms with E-state index in [4.69, 9.17) is 14.2 Å². The van der Waals surface area contributed by atoms with Gasteiger partial charge in [-0.05, 0) is 6.92 Å². The van der Waals surface area contributed by atoms with Gasteiger partial charge in [0.2, 0.25) is 0 Å². The van der Waals surface area contributed by atoms with Gasteiger partial charge in [0.1, 0.15) is 6.79 Å². The lowest BCUT2D eigenvalue weighted by Crippen LogP contribution is -2.39. The summed E-state index contributed by atoms with van der Waals surface area (Å²) in [4.78, 5) is 25.8. The highest BCUT2D eigenvalue weighted by atomic mass is 16.7. The number of methoxy groups -OCH3 is 1. The molecule has 0 spiro atoms. The summed E-state index contributed by atoms with van der Waals surface area (Å²) in [5.41, 5.74) is 2.17. The SMILES string of the molecule is COCO[C@@H](C)[C@@H]1C2=C(C[C@H]3O[C@@H]13)C(=O)c1ccccc1C2=O. The Morgan fingerprint density at radius 3 is 2.61 bits per heavy atom. The van der Waals surface area contributed by atoms with Crippen LogP contribution in [0.2, 0.25) is 0 Å². The molecule has 4 rings (SSSR count). The van der Waals surface area contributed by atoms with E-state index in [1.165, 1.54) is 0 Å². The molecule has 3 aliphatic rings. The normalized spacial score (nSPS) is 29.7. The van der Waals surface area contributed by atoms with E-state index >= 15 is 0 Å². The maximum absolute atomic E-state index is 13.0. The van der Waals surface area contributed by atoms with Crippen LogP contribution in [0.5, 0.6) is 0 Å². The van der Waals surface area contributed by atoms with E-state index in [9.17, 15) is 9.59 Å². The molecule has 0 aromatic heterocycles. The highest BCUT2D eigenvalue weighted by Gasteiger charge is 2.56. The first kappa shape index (κ1) is 14.8. The molecule has 1 fully saturated rings. The van der Waals surface area contributed by atoms with Crippen molar-refractivity contribution in [2.75, 3.05) is 13.9 Å². The second-order valence-corrected chi connectivity index (χ2v) is 6.24. The van der Waals surface area contributed by atoms with Crippen LogP contribution in [0.1, 0.15) is 34.1 Å². The molecule has 1 aliphatic heterocycles. The lowest BCUT2D eigenvalue weighted by Gasteiger charge is -2.32. The molecule has 0 bridgehead atoms. The van der Waals surface area contributed by atoms with Crippen molar-refractivity contribution >= 4 is 11.6 Å². The van der Waals surface area contributed by atoms with Gasteiger partial charge in [0.15, 0.2) is 11.6 Å². The fourth-order valence-electron chi connectivity index (χ4n) is 3.78. The van der Waals surface area contributed by atoms with Crippen molar-refractivity contribution in [2.24, 2.45) is 5.92 Å². The van der Waals surface area contributed by atoms with E-state index in [2.05, 4.69) is 0 Å². The van der Waals surface area contributed by atoms with Gasteiger partial charge in [0.25, 0.3) is 0 Å². The first-order valence-corrected chi connectivity index (χ1v) is 7.81. The van der Waals surface area contributed by atoms with Gasteiger partial charge in [-0.1, -0.05) is 24.3 Å². The number of carbonyl (C=O) groups excluding carboxylic acids is 2. The molecule has 1 aromatic carbocycles. The smallest absolute Gasteiger partial charge is 0.190 e. The molecule has 1 heterocycles. The zero-order chi connectivity index (χ0) is 16.1. The number of hydrogen-bond acceptors (Lipinski definition) is 5. The topological polar surface area (TPSA) is 65.1 Å². The first-order chi connectivity index (χ1) is 11.1. The quantitative estimate of drug-likeness (QED) is 0.629. The summed E-state index contributed by atoms with van der Waals surface area (Å²) in [6, 6.07) is 7.02. The van der Waals surface area contributed by atoms with Crippen LogP contribution >= 0.6 is 0 Å². The number of ketones is 2. The molecule has 23 heavy (non-hydrogen) atoms. The van der Waals surface area contributed by atoms with Crippen molar-refractivity contribution in [1.82, 2.24) is 0 Å². The molecule has 0 N–H and O–H groups in total. The van der Waals surface area contributed by atoms with E-state index in [0.29, 0.717) is 28.7 Å². The predicted octanol–water partition coefficient (Wildman–Crippen LogP) is 2.16. The lowest BCUT2D eigenvalue weighted by atomic mass is 9.71. The van der Waals surface area contributed by atoms with Crippen molar-refractivity contribution in [3.05, 3.63) is 46.5 Å². The Hall–Kier alpha value is -1.82. The Labute approximate surface area is 134 Å². The molecule has 1 saturated heterocycles. The summed E-state index contributed by atoms with van der Waals surface area (Å²) in [5, 5.41) is 0. The Morgan fingerprint density at radius 1 is 1.22 bits per heavy atom. The number of fused-ring (bicyclic) bond motifs is 2. The van der Waals surface area contributed by atoms with E-state index in [0.717, 1.165) is 0 Å². The number of benzene rings is 1. The van der Waals surface area contributed by atoms with Gasteiger partial charge >= 0.3 is 0 Å². The number of carbonyl (C=O) groups is 2. The summed E-state index contributed by atoms with van der Waals surface area (Å²) in [7, 11) is 1.56. The molecule has 0 radical (unpaired) electrons. The molecule has 4 atom stereocenters. The fourth-order valence-corrected chi connectivity index (χ4v) is 3.78. The molecule has 5 nitrogen and oxygen atoms in total. The van der Waals surface area contributed by atoms with Crippen molar-refractivity contribution in [3.8, 4) is 0 Å². The van der Waals surface area contributed by atoms with Crippen molar-refractivity contribution in [2.45, 2.75) is 31.7 Å². The lowest BCUT2D eigenvalue weighted by molar-refractivity contribution is -0.0819. The highest BCUT2D eigenvalue weighted by Crippen LogP contribution is 2.49. The van der Waals surface area contributed by atoms with Crippen molar-refractivity contribution in [1.29, 1.82) is 0 Å². The standard InChI is InChI=1S/C18H18O5/c1-9(22-8-21-2)14-15-12(7-13-18(14)23-13)16(19)10-5-3-4-6-11(10)17(15)20/h3-6,9,13-14,18H,7-8H2,1-2H3/t9-,13+,14+,18+/m0/s1. The fraction of sp³-hybridized carbons (Fsp3) is 0.444. The monoisotopic (exact) mass is 314 g/mol. The van der Waals surface area contributed by atoms with Crippen LogP contribution in [0.4, 0.5) is 0 Å². The minimum Gasteiger partial charge on any atom is -0.368 e. The van der Waals surface area contributed by atoms with E-state index in [1.54, 1.807) is 31.4 Å². The van der Waals surface area contributed by atoms with Crippen LogP contribution in [-0.4, -0.2) is 43.8 Å². The molecule has 0 amide bonds. The van der Waals surface area contributed by atoms with Gasteiger partial charge in [-0.3, -0.25) is 9.59 Å². The zero-order valence-corrected chi connectivity index (χ0v) is 13.1. The summed E-state index contributed by atoms with van der Waals surface area (Å²) < 4.78 is 16.3. The summed E-state index contributed by atoms with van der Waals surface area (Å²) in [6.45, 7) is 2.05. The molecular formula is C18H18O5. The van der Waals surface area contributed by atoms with Crippen molar-refractivity contribution < 1.29 is 23.8 Å². The minimum absolute atomic E-state index is 0.0226. The van der Waals surface area contributed by atoms with E-state index in [1.807, 2.05) is 6.92 Å². The van der Waals surface area contributed by atoms with Gasteiger partial charge in [0, 0.05) is 41.7 Å². The molecular weight excluding hydrogens is 296 g/mol. The number of hydrogen-bond donors (Lipinski definition) is 0. The third-order valence-corrected chi connectivity index (χ3v) is 4.93. The van der Waals surface area contributed by atoms with E-state index < -0.39 is 0 Å². The Bertz CT molecular complexity index is 720. The van der Waals surface area contributed by atoms with Crippen LogP contribution in [0.15, 0.2) is 35.4 Å². The van der Waals surface area contributed by atoms with Gasteiger partial charge in [-0.2, -0.15) is 0 Å². The summed E-state index contributed by atoms with van der Waals surface area (Å²) >= 11 is 0. The molecule has 120 valence electrons. The third kappa shape index (κ3) is 2.19. The van der Waals surface area contributed by atoms with Gasteiger partial charge in [-0.25, -0.2) is 0 Å². The van der Waals surface area contributed by atoms with Gasteiger partial charge < -0.3 is 14.2 Å². The zero-order valence-electron chi connectivity index (χ0n) is 13.1. The Kier molecular flexibility index (Phi) is 3.44. The Balaban J connectivity index is 1.77. The maximum atomic E-state index is 13.0. The van der Waals surface area contributed by atoms with Crippen LogP contribution in [0, 0.1) is 5.92 Å².